The SMILES string of the molecule is CCOC(=O)N1CCN(C(=O)CN2CCC[C@@H](c3nc4ccccc4s3)C2)CC1. The first-order valence-corrected chi connectivity index (χ1v) is 11.2. The fourth-order valence-corrected chi connectivity index (χ4v) is 5.20. The van der Waals surface area contributed by atoms with Gasteiger partial charge in [-0.25, -0.2) is 9.78 Å². The molecule has 29 heavy (non-hydrogen) atoms. The van der Waals surface area contributed by atoms with Crippen molar-refractivity contribution in [2.75, 3.05) is 52.4 Å². The van der Waals surface area contributed by atoms with Gasteiger partial charge in [0.15, 0.2) is 0 Å². The predicted molar refractivity (Wildman–Crippen MR) is 113 cm³/mol. The molecule has 0 saturated carbocycles. The molecule has 0 aliphatic carbocycles. The number of aromatic nitrogens is 1. The number of thiazole rings is 1. The highest BCUT2D eigenvalue weighted by Crippen LogP contribution is 2.32. The lowest BCUT2D eigenvalue weighted by Gasteiger charge is -2.36. The number of ether oxygens (including phenoxy) is 1. The minimum atomic E-state index is -0.283. The van der Waals surface area contributed by atoms with Crippen molar-refractivity contribution in [1.29, 1.82) is 0 Å². The molecule has 0 N–H and O–H groups in total. The summed E-state index contributed by atoms with van der Waals surface area (Å²) in [5.41, 5.74) is 1.07. The van der Waals surface area contributed by atoms with Crippen molar-refractivity contribution in [2.45, 2.75) is 25.7 Å². The number of nitrogens with zero attached hydrogens (tertiary/aromatic N) is 4. The van der Waals surface area contributed by atoms with Crippen LogP contribution in [0.5, 0.6) is 0 Å². The highest BCUT2D eigenvalue weighted by Gasteiger charge is 2.29. The van der Waals surface area contributed by atoms with Crippen molar-refractivity contribution >= 4 is 33.6 Å². The summed E-state index contributed by atoms with van der Waals surface area (Å²) in [6.07, 6.45) is 1.93. The number of fused-ring (bicyclic) bond motifs is 1. The maximum atomic E-state index is 12.8. The second kappa shape index (κ2) is 9.09. The van der Waals surface area contributed by atoms with Crippen LogP contribution in [0.1, 0.15) is 30.7 Å². The quantitative estimate of drug-likeness (QED) is 0.767. The number of piperazine rings is 1. The molecular formula is C21H28N4O3S. The topological polar surface area (TPSA) is 66.0 Å². The molecule has 7 nitrogen and oxygen atoms in total. The number of piperidine rings is 1. The summed E-state index contributed by atoms with van der Waals surface area (Å²) in [5, 5.41) is 1.19. The van der Waals surface area contributed by atoms with E-state index in [-0.39, 0.29) is 12.0 Å². The van der Waals surface area contributed by atoms with Crippen molar-refractivity contribution in [3.05, 3.63) is 29.3 Å². The van der Waals surface area contributed by atoms with Crippen molar-refractivity contribution in [3.8, 4) is 0 Å². The van der Waals surface area contributed by atoms with E-state index in [0.29, 0.717) is 45.2 Å². The predicted octanol–water partition coefficient (Wildman–Crippen LogP) is 2.78. The normalized spacial score (nSPS) is 20.8. The number of carbonyl (C=O) groups is 2. The molecule has 2 aromatic rings. The maximum absolute atomic E-state index is 12.8. The van der Waals surface area contributed by atoms with Gasteiger partial charge in [-0.05, 0) is 38.4 Å². The summed E-state index contributed by atoms with van der Waals surface area (Å²) in [6, 6.07) is 8.27. The standard InChI is InChI=1S/C21H28N4O3S/c1-2-28-21(27)25-12-10-24(11-13-25)19(26)15-23-9-5-6-16(14-23)20-22-17-7-3-4-8-18(17)29-20/h3-4,7-8,16H,2,5-6,9-15H2,1H3/t16-/m1/s1. The maximum Gasteiger partial charge on any atom is 0.409 e. The van der Waals surface area contributed by atoms with Gasteiger partial charge in [0.25, 0.3) is 0 Å². The van der Waals surface area contributed by atoms with E-state index in [1.807, 2.05) is 11.0 Å². The van der Waals surface area contributed by atoms with Crippen LogP contribution in [0, 0.1) is 0 Å². The molecule has 3 heterocycles. The van der Waals surface area contributed by atoms with Gasteiger partial charge < -0.3 is 14.5 Å². The van der Waals surface area contributed by atoms with Crippen molar-refractivity contribution < 1.29 is 14.3 Å². The first-order chi connectivity index (χ1) is 14.1. The van der Waals surface area contributed by atoms with E-state index in [1.165, 1.54) is 9.71 Å². The molecule has 2 aliphatic heterocycles. The number of para-hydroxylation sites is 1. The van der Waals surface area contributed by atoms with E-state index in [1.54, 1.807) is 23.2 Å². The van der Waals surface area contributed by atoms with Crippen LogP contribution < -0.4 is 0 Å². The average Bonchev–Trinajstić information content (AvgIpc) is 3.19. The number of carbonyl (C=O) groups excluding carboxylic acids is 2. The van der Waals surface area contributed by atoms with Crippen LogP contribution in [0.3, 0.4) is 0 Å². The van der Waals surface area contributed by atoms with Gasteiger partial charge in [-0.15, -0.1) is 11.3 Å². The van der Waals surface area contributed by atoms with Crippen LogP contribution in [-0.2, 0) is 9.53 Å². The molecule has 1 aromatic heterocycles. The summed E-state index contributed by atoms with van der Waals surface area (Å²) in [7, 11) is 0. The van der Waals surface area contributed by atoms with Gasteiger partial charge >= 0.3 is 6.09 Å². The van der Waals surface area contributed by atoms with Crippen molar-refractivity contribution in [2.24, 2.45) is 0 Å². The Labute approximate surface area is 175 Å². The minimum Gasteiger partial charge on any atom is -0.450 e. The van der Waals surface area contributed by atoms with E-state index in [9.17, 15) is 9.59 Å². The van der Waals surface area contributed by atoms with Gasteiger partial charge in [0.2, 0.25) is 5.91 Å². The summed E-state index contributed by atoms with van der Waals surface area (Å²) in [4.78, 5) is 35.2. The summed E-state index contributed by atoms with van der Waals surface area (Å²) in [5.74, 6) is 0.549. The molecule has 2 aliphatic rings. The minimum absolute atomic E-state index is 0.151. The Bertz CT molecular complexity index is 829. The molecule has 1 atom stereocenters. The third kappa shape index (κ3) is 4.70. The lowest BCUT2D eigenvalue weighted by atomic mass is 9.98. The van der Waals surface area contributed by atoms with Gasteiger partial charge in [0.05, 0.1) is 28.4 Å². The van der Waals surface area contributed by atoms with Gasteiger partial charge in [-0.2, -0.15) is 0 Å². The molecule has 1 aromatic carbocycles. The molecule has 156 valence electrons. The van der Waals surface area contributed by atoms with E-state index >= 15 is 0 Å². The third-order valence-corrected chi connectivity index (χ3v) is 6.88. The Kier molecular flexibility index (Phi) is 6.30. The lowest BCUT2D eigenvalue weighted by Crippen LogP contribution is -2.53. The second-order valence-corrected chi connectivity index (χ2v) is 8.72. The molecule has 4 rings (SSSR count). The first-order valence-electron chi connectivity index (χ1n) is 10.4. The Hall–Kier alpha value is -2.19. The third-order valence-electron chi connectivity index (χ3n) is 5.68. The number of amides is 2. The number of hydrogen-bond acceptors (Lipinski definition) is 6. The zero-order valence-corrected chi connectivity index (χ0v) is 17.7. The monoisotopic (exact) mass is 416 g/mol. The fourth-order valence-electron chi connectivity index (χ4n) is 4.11. The van der Waals surface area contributed by atoms with E-state index in [2.05, 4.69) is 23.1 Å². The van der Waals surface area contributed by atoms with Gasteiger partial charge in [0.1, 0.15) is 0 Å². The fraction of sp³-hybridized carbons (Fsp3) is 0.571. The van der Waals surface area contributed by atoms with Crippen molar-refractivity contribution in [3.63, 3.8) is 0 Å². The molecule has 0 spiro atoms. The number of rotatable bonds is 4. The lowest BCUT2D eigenvalue weighted by molar-refractivity contribution is -0.134. The van der Waals surface area contributed by atoms with Gasteiger partial charge in [0, 0.05) is 38.6 Å². The van der Waals surface area contributed by atoms with E-state index in [0.717, 1.165) is 31.4 Å². The molecule has 0 unspecified atom stereocenters. The number of hydrogen-bond donors (Lipinski definition) is 0. The molecule has 2 saturated heterocycles. The summed E-state index contributed by atoms with van der Waals surface area (Å²) < 4.78 is 6.28. The molecule has 8 heteroatoms. The Balaban J connectivity index is 1.30. The molecule has 0 bridgehead atoms. The van der Waals surface area contributed by atoms with E-state index < -0.39 is 0 Å². The second-order valence-electron chi connectivity index (χ2n) is 7.66. The van der Waals surface area contributed by atoms with Crippen LogP contribution >= 0.6 is 11.3 Å². The molecule has 2 fully saturated rings. The Morgan fingerprint density at radius 2 is 1.90 bits per heavy atom. The smallest absolute Gasteiger partial charge is 0.409 e. The van der Waals surface area contributed by atoms with Crippen molar-refractivity contribution in [1.82, 2.24) is 19.7 Å². The van der Waals surface area contributed by atoms with Crippen LogP contribution in [0.15, 0.2) is 24.3 Å². The van der Waals surface area contributed by atoms with Crippen LogP contribution in [0.25, 0.3) is 10.2 Å². The average molecular weight is 417 g/mol. The molecule has 2 amide bonds. The number of likely N-dealkylation sites (tertiary alicyclic amines) is 1. The molecular weight excluding hydrogens is 388 g/mol. The largest absolute Gasteiger partial charge is 0.450 e. The Morgan fingerprint density at radius 3 is 2.66 bits per heavy atom. The van der Waals surface area contributed by atoms with Crippen LogP contribution in [0.2, 0.25) is 0 Å². The first kappa shape index (κ1) is 20.1. The van der Waals surface area contributed by atoms with Gasteiger partial charge in [-0.3, -0.25) is 9.69 Å². The van der Waals surface area contributed by atoms with Crippen LogP contribution in [-0.4, -0.2) is 84.1 Å². The highest BCUT2D eigenvalue weighted by atomic mass is 32.1. The van der Waals surface area contributed by atoms with E-state index in [4.69, 9.17) is 9.72 Å². The highest BCUT2D eigenvalue weighted by molar-refractivity contribution is 7.18. The zero-order valence-electron chi connectivity index (χ0n) is 16.9. The summed E-state index contributed by atoms with van der Waals surface area (Å²) in [6.45, 7) is 6.70. The van der Waals surface area contributed by atoms with Crippen LogP contribution in [0.4, 0.5) is 4.79 Å². The number of benzene rings is 1. The zero-order chi connectivity index (χ0) is 20.2. The molecule has 0 radical (unpaired) electrons. The summed E-state index contributed by atoms with van der Waals surface area (Å²) >= 11 is 1.78. The Morgan fingerprint density at radius 1 is 1.14 bits per heavy atom. The van der Waals surface area contributed by atoms with Gasteiger partial charge in [-0.1, -0.05) is 12.1 Å².